The maximum absolute atomic E-state index is 12.2. The summed E-state index contributed by atoms with van der Waals surface area (Å²) in [5.41, 5.74) is -0.557. The first-order valence-electron chi connectivity index (χ1n) is 6.70. The van der Waals surface area contributed by atoms with Gasteiger partial charge in [-0.25, -0.2) is 13.1 Å². The number of sulfonamides is 1. The van der Waals surface area contributed by atoms with Crippen LogP contribution in [-0.2, 0) is 22.0 Å². The first-order valence-corrected chi connectivity index (χ1v) is 8.18. The molecule has 0 spiro atoms. The van der Waals surface area contributed by atoms with Gasteiger partial charge in [0.05, 0.1) is 6.26 Å². The van der Waals surface area contributed by atoms with Crippen molar-refractivity contribution in [2.45, 2.75) is 29.8 Å². The number of rotatable bonds is 4. The lowest BCUT2D eigenvalue weighted by atomic mass is 9.83. The van der Waals surface area contributed by atoms with Gasteiger partial charge in [0, 0.05) is 30.9 Å². The summed E-state index contributed by atoms with van der Waals surface area (Å²) in [6.45, 7) is -0.0865. The van der Waals surface area contributed by atoms with Crippen molar-refractivity contribution in [3.63, 3.8) is 0 Å². The molecule has 0 saturated carbocycles. The average Bonchev–Trinajstić information content (AvgIpc) is 2.97. The molecule has 112 valence electrons. The Morgan fingerprint density at radius 1 is 1.43 bits per heavy atom. The minimum absolute atomic E-state index is 0.0804. The number of aromatic nitrogens is 1. The monoisotopic (exact) mass is 308 g/mol. The second-order valence-electron chi connectivity index (χ2n) is 5.16. The molecule has 21 heavy (non-hydrogen) atoms. The molecule has 2 N–H and O–H groups in total. The van der Waals surface area contributed by atoms with E-state index in [1.807, 2.05) is 0 Å². The number of nitrogens with one attached hydrogen (secondary N) is 1. The van der Waals surface area contributed by atoms with E-state index in [-0.39, 0.29) is 11.4 Å². The molecular formula is C14H16N2O4S. The fourth-order valence-electron chi connectivity index (χ4n) is 2.61. The van der Waals surface area contributed by atoms with Crippen molar-refractivity contribution >= 4 is 10.0 Å². The summed E-state index contributed by atoms with van der Waals surface area (Å²) < 4.78 is 32.1. The van der Waals surface area contributed by atoms with E-state index in [0.717, 1.165) is 18.6 Å². The Morgan fingerprint density at radius 3 is 3.05 bits per heavy atom. The third-order valence-electron chi connectivity index (χ3n) is 3.74. The molecule has 0 aromatic carbocycles. The van der Waals surface area contributed by atoms with Crippen LogP contribution in [0.15, 0.2) is 46.2 Å². The van der Waals surface area contributed by atoms with Crippen LogP contribution in [0.5, 0.6) is 0 Å². The summed E-state index contributed by atoms with van der Waals surface area (Å²) >= 11 is 0. The van der Waals surface area contributed by atoms with E-state index in [1.165, 1.54) is 24.7 Å². The molecule has 2 aromatic rings. The highest BCUT2D eigenvalue weighted by Crippen LogP contribution is 2.35. The average molecular weight is 308 g/mol. The Labute approximate surface area is 122 Å². The first-order chi connectivity index (χ1) is 10.0. The van der Waals surface area contributed by atoms with Crippen molar-refractivity contribution in [2.75, 3.05) is 6.54 Å². The van der Waals surface area contributed by atoms with Crippen molar-refractivity contribution in [1.29, 1.82) is 0 Å². The molecule has 2 heterocycles. The van der Waals surface area contributed by atoms with Gasteiger partial charge in [-0.1, -0.05) is 0 Å². The van der Waals surface area contributed by atoms with Crippen LogP contribution in [0.2, 0.25) is 0 Å². The highest BCUT2D eigenvalue weighted by molar-refractivity contribution is 7.89. The summed E-state index contributed by atoms with van der Waals surface area (Å²) in [7, 11) is -3.69. The van der Waals surface area contributed by atoms with Crippen LogP contribution in [0.3, 0.4) is 0 Å². The number of pyridine rings is 1. The lowest BCUT2D eigenvalue weighted by molar-refractivity contribution is 0.0221. The van der Waals surface area contributed by atoms with Crippen molar-refractivity contribution in [3.8, 4) is 0 Å². The molecule has 6 nitrogen and oxygen atoms in total. The van der Waals surface area contributed by atoms with Crippen molar-refractivity contribution < 1.29 is 17.9 Å². The van der Waals surface area contributed by atoms with Crippen LogP contribution in [0.1, 0.15) is 24.2 Å². The number of aryl methyl sites for hydroxylation is 1. The Hall–Kier alpha value is -1.70. The molecule has 0 radical (unpaired) electrons. The predicted molar refractivity (Wildman–Crippen MR) is 75.0 cm³/mol. The zero-order valence-corrected chi connectivity index (χ0v) is 12.1. The van der Waals surface area contributed by atoms with Crippen LogP contribution in [0, 0.1) is 0 Å². The van der Waals surface area contributed by atoms with Gasteiger partial charge in [0.15, 0.2) is 0 Å². The predicted octanol–water partition coefficient (Wildman–Crippen LogP) is 1.18. The number of aliphatic hydroxyl groups is 1. The smallest absolute Gasteiger partial charge is 0.242 e. The molecular weight excluding hydrogens is 292 g/mol. The lowest BCUT2D eigenvalue weighted by Crippen LogP contribution is -2.42. The van der Waals surface area contributed by atoms with Gasteiger partial charge in [-0.3, -0.25) is 4.98 Å². The number of hydrogen-bond donors (Lipinski definition) is 2. The Kier molecular flexibility index (Phi) is 3.56. The van der Waals surface area contributed by atoms with Crippen LogP contribution in [-0.4, -0.2) is 25.1 Å². The Balaban J connectivity index is 1.80. The fraction of sp³-hybridized carbons (Fsp3) is 0.357. The van der Waals surface area contributed by atoms with E-state index >= 15 is 0 Å². The standard InChI is InChI=1S/C14H16N2O4S/c17-14(6-1-4-13-12(14)5-8-20-13)10-16-21(18,19)11-3-2-7-15-9-11/h2-3,5,7-9,16-17H,1,4,6,10H2. The first kappa shape index (κ1) is 14.2. The summed E-state index contributed by atoms with van der Waals surface area (Å²) in [6, 6.07) is 4.72. The van der Waals surface area contributed by atoms with Crippen LogP contribution >= 0.6 is 0 Å². The van der Waals surface area contributed by atoms with E-state index in [0.29, 0.717) is 12.0 Å². The van der Waals surface area contributed by atoms with E-state index in [1.54, 1.807) is 12.1 Å². The SMILES string of the molecule is O=S(=O)(NCC1(O)CCCc2occc21)c1cccnc1. The molecule has 1 atom stereocenters. The summed E-state index contributed by atoms with van der Waals surface area (Å²) in [4.78, 5) is 3.87. The van der Waals surface area contributed by atoms with E-state index in [9.17, 15) is 13.5 Å². The fourth-order valence-corrected chi connectivity index (χ4v) is 3.67. The highest BCUT2D eigenvalue weighted by atomic mass is 32.2. The normalized spacial score (nSPS) is 22.0. The van der Waals surface area contributed by atoms with Gasteiger partial charge in [0.25, 0.3) is 0 Å². The second kappa shape index (κ2) is 5.25. The molecule has 0 saturated heterocycles. The van der Waals surface area contributed by atoms with Gasteiger partial charge < -0.3 is 9.52 Å². The van der Waals surface area contributed by atoms with Crippen molar-refractivity contribution in [3.05, 3.63) is 48.2 Å². The second-order valence-corrected chi connectivity index (χ2v) is 6.92. The molecule has 2 aromatic heterocycles. The number of nitrogens with zero attached hydrogens (tertiary/aromatic N) is 1. The maximum atomic E-state index is 12.2. The molecule has 0 fully saturated rings. The number of furan rings is 1. The molecule has 7 heteroatoms. The molecule has 0 bridgehead atoms. The Morgan fingerprint density at radius 2 is 2.29 bits per heavy atom. The molecule has 0 aliphatic heterocycles. The molecule has 1 aliphatic rings. The van der Waals surface area contributed by atoms with E-state index in [2.05, 4.69) is 9.71 Å². The molecule has 0 amide bonds. The molecule has 1 unspecified atom stereocenters. The van der Waals surface area contributed by atoms with Gasteiger partial charge in [-0.2, -0.15) is 0 Å². The maximum Gasteiger partial charge on any atom is 0.242 e. The Bertz CT molecular complexity index is 726. The summed E-state index contributed by atoms with van der Waals surface area (Å²) in [5, 5.41) is 10.7. The van der Waals surface area contributed by atoms with Gasteiger partial charge >= 0.3 is 0 Å². The third-order valence-corrected chi connectivity index (χ3v) is 5.13. The molecule has 3 rings (SSSR count). The van der Waals surface area contributed by atoms with Crippen molar-refractivity contribution in [2.24, 2.45) is 0 Å². The lowest BCUT2D eigenvalue weighted by Gasteiger charge is -2.31. The highest BCUT2D eigenvalue weighted by Gasteiger charge is 2.37. The minimum atomic E-state index is -3.69. The summed E-state index contributed by atoms with van der Waals surface area (Å²) in [6.07, 6.45) is 6.32. The number of fused-ring (bicyclic) bond motifs is 1. The third kappa shape index (κ3) is 2.72. The van der Waals surface area contributed by atoms with Gasteiger partial charge in [0.1, 0.15) is 16.3 Å². The topological polar surface area (TPSA) is 92.4 Å². The van der Waals surface area contributed by atoms with E-state index < -0.39 is 15.6 Å². The van der Waals surface area contributed by atoms with Gasteiger partial charge in [-0.15, -0.1) is 0 Å². The van der Waals surface area contributed by atoms with Gasteiger partial charge in [0.2, 0.25) is 10.0 Å². The van der Waals surface area contributed by atoms with Crippen LogP contribution in [0.25, 0.3) is 0 Å². The zero-order valence-electron chi connectivity index (χ0n) is 11.3. The number of hydrogen-bond acceptors (Lipinski definition) is 5. The van der Waals surface area contributed by atoms with Crippen LogP contribution in [0.4, 0.5) is 0 Å². The van der Waals surface area contributed by atoms with Crippen LogP contribution < -0.4 is 4.72 Å². The largest absolute Gasteiger partial charge is 0.469 e. The zero-order chi connectivity index (χ0) is 14.9. The summed E-state index contributed by atoms with van der Waals surface area (Å²) in [5.74, 6) is 0.726. The van der Waals surface area contributed by atoms with E-state index in [4.69, 9.17) is 4.42 Å². The quantitative estimate of drug-likeness (QED) is 0.884. The minimum Gasteiger partial charge on any atom is -0.469 e. The van der Waals surface area contributed by atoms with Gasteiger partial charge in [-0.05, 0) is 31.0 Å². The van der Waals surface area contributed by atoms with Crippen molar-refractivity contribution in [1.82, 2.24) is 9.71 Å². The molecule has 1 aliphatic carbocycles.